The van der Waals surface area contributed by atoms with Crippen molar-refractivity contribution >= 4 is 35.0 Å². The van der Waals surface area contributed by atoms with E-state index < -0.39 is 0 Å². The summed E-state index contributed by atoms with van der Waals surface area (Å²) < 4.78 is 0. The fraction of sp³-hybridized carbons (Fsp3) is 0.385. The lowest BCUT2D eigenvalue weighted by Gasteiger charge is -2.20. The minimum Gasteiger partial charge on any atom is -0.354 e. The molecule has 1 fully saturated rings. The van der Waals surface area contributed by atoms with Gasteiger partial charge in [-0.05, 0) is 17.7 Å². The first kappa shape index (κ1) is 14.2. The molecule has 0 saturated carbocycles. The van der Waals surface area contributed by atoms with Gasteiger partial charge in [0.1, 0.15) is 0 Å². The van der Waals surface area contributed by atoms with Crippen molar-refractivity contribution in [3.05, 3.63) is 33.8 Å². The Kier molecular flexibility index (Phi) is 4.66. The smallest absolute Gasteiger partial charge is 0.227 e. The average molecular weight is 301 g/mol. The second-order valence-electron chi connectivity index (χ2n) is 4.36. The van der Waals surface area contributed by atoms with Gasteiger partial charge in [-0.25, -0.2) is 0 Å². The molecule has 0 radical (unpaired) electrons. The monoisotopic (exact) mass is 300 g/mol. The molecule has 1 aromatic carbocycles. The predicted octanol–water partition coefficient (Wildman–Crippen LogP) is 1.88. The van der Waals surface area contributed by atoms with E-state index in [1.165, 1.54) is 0 Å². The molecule has 102 valence electrons. The molecule has 19 heavy (non-hydrogen) atoms. The number of carbonyl (C=O) groups excluding carboxylic acids is 2. The third kappa shape index (κ3) is 3.61. The number of nitrogens with zero attached hydrogens (tertiary/aromatic N) is 1. The number of benzene rings is 1. The maximum Gasteiger partial charge on any atom is 0.227 e. The van der Waals surface area contributed by atoms with Crippen molar-refractivity contribution in [2.45, 2.75) is 12.8 Å². The second-order valence-corrected chi connectivity index (χ2v) is 5.17. The van der Waals surface area contributed by atoms with Gasteiger partial charge in [0.2, 0.25) is 11.8 Å². The number of nitrogens with one attached hydrogen (secondary N) is 1. The van der Waals surface area contributed by atoms with E-state index in [2.05, 4.69) is 5.32 Å². The lowest BCUT2D eigenvalue weighted by molar-refractivity contribution is -0.130. The fourth-order valence-corrected chi connectivity index (χ4v) is 2.51. The number of amides is 2. The Labute approximate surface area is 121 Å². The van der Waals surface area contributed by atoms with Crippen LogP contribution in [0.5, 0.6) is 0 Å². The Hall–Kier alpha value is -1.26. The summed E-state index contributed by atoms with van der Waals surface area (Å²) in [6, 6.07) is 5.17. The quantitative estimate of drug-likeness (QED) is 0.907. The normalized spacial score (nSPS) is 15.9. The van der Waals surface area contributed by atoms with Crippen LogP contribution in [0.1, 0.15) is 12.0 Å². The van der Waals surface area contributed by atoms with Crippen LogP contribution in [0.3, 0.4) is 0 Å². The standard InChI is InChI=1S/C13H14Cl2N2O2/c14-10-2-1-3-11(15)9(10)8-13(19)17-6-4-12(18)16-5-7-17/h1-3H,4-8H2,(H,16,18). The van der Waals surface area contributed by atoms with Crippen molar-refractivity contribution < 1.29 is 9.59 Å². The zero-order valence-electron chi connectivity index (χ0n) is 10.3. The van der Waals surface area contributed by atoms with E-state index in [-0.39, 0.29) is 18.2 Å². The summed E-state index contributed by atoms with van der Waals surface area (Å²) in [6.45, 7) is 1.44. The molecule has 4 nitrogen and oxygen atoms in total. The van der Waals surface area contributed by atoms with Gasteiger partial charge < -0.3 is 10.2 Å². The van der Waals surface area contributed by atoms with Gasteiger partial charge in [-0.15, -0.1) is 0 Å². The van der Waals surface area contributed by atoms with Crippen molar-refractivity contribution in [3.63, 3.8) is 0 Å². The molecule has 0 atom stereocenters. The van der Waals surface area contributed by atoms with Crippen LogP contribution < -0.4 is 5.32 Å². The highest BCUT2D eigenvalue weighted by Crippen LogP contribution is 2.25. The Bertz CT molecular complexity index is 485. The molecule has 0 bridgehead atoms. The van der Waals surface area contributed by atoms with E-state index in [0.29, 0.717) is 41.7 Å². The summed E-state index contributed by atoms with van der Waals surface area (Å²) in [6.07, 6.45) is 0.495. The number of hydrogen-bond acceptors (Lipinski definition) is 2. The molecule has 1 heterocycles. The lowest BCUT2D eigenvalue weighted by Crippen LogP contribution is -2.35. The SMILES string of the molecule is O=C1CCN(C(=O)Cc2c(Cl)cccc2Cl)CCN1. The molecule has 2 amide bonds. The summed E-state index contributed by atoms with van der Waals surface area (Å²) in [7, 11) is 0. The van der Waals surface area contributed by atoms with Gasteiger partial charge in [0.25, 0.3) is 0 Å². The maximum absolute atomic E-state index is 12.2. The first-order chi connectivity index (χ1) is 9.08. The fourth-order valence-electron chi connectivity index (χ4n) is 1.98. The molecule has 1 N–H and O–H groups in total. The third-order valence-electron chi connectivity index (χ3n) is 3.06. The number of halogens is 2. The summed E-state index contributed by atoms with van der Waals surface area (Å²) in [5.41, 5.74) is 0.638. The Morgan fingerprint density at radius 2 is 1.95 bits per heavy atom. The van der Waals surface area contributed by atoms with Gasteiger partial charge >= 0.3 is 0 Å². The van der Waals surface area contributed by atoms with Crippen molar-refractivity contribution in [1.29, 1.82) is 0 Å². The highest BCUT2D eigenvalue weighted by molar-refractivity contribution is 6.36. The molecule has 0 spiro atoms. The van der Waals surface area contributed by atoms with Crippen LogP contribution in [-0.4, -0.2) is 36.3 Å². The van der Waals surface area contributed by atoms with Crippen LogP contribution in [0.4, 0.5) is 0 Å². The highest BCUT2D eigenvalue weighted by Gasteiger charge is 2.20. The Balaban J connectivity index is 2.06. The highest BCUT2D eigenvalue weighted by atomic mass is 35.5. The van der Waals surface area contributed by atoms with Crippen LogP contribution in [0.15, 0.2) is 18.2 Å². The van der Waals surface area contributed by atoms with E-state index in [4.69, 9.17) is 23.2 Å². The van der Waals surface area contributed by atoms with E-state index in [0.717, 1.165) is 0 Å². The average Bonchev–Trinajstić information content (AvgIpc) is 2.59. The van der Waals surface area contributed by atoms with Gasteiger partial charge in [0, 0.05) is 36.1 Å². The Morgan fingerprint density at radius 1 is 1.26 bits per heavy atom. The Morgan fingerprint density at radius 3 is 2.63 bits per heavy atom. The molecule has 0 aromatic heterocycles. The molecule has 6 heteroatoms. The van der Waals surface area contributed by atoms with E-state index >= 15 is 0 Å². The zero-order chi connectivity index (χ0) is 13.8. The van der Waals surface area contributed by atoms with Gasteiger partial charge in [-0.1, -0.05) is 29.3 Å². The summed E-state index contributed by atoms with van der Waals surface area (Å²) >= 11 is 12.1. The minimum atomic E-state index is -0.0634. The van der Waals surface area contributed by atoms with Crippen LogP contribution in [0, 0.1) is 0 Å². The molecule has 1 aromatic rings. The predicted molar refractivity (Wildman–Crippen MR) is 74.4 cm³/mol. The van der Waals surface area contributed by atoms with Crippen molar-refractivity contribution in [3.8, 4) is 0 Å². The van der Waals surface area contributed by atoms with Crippen LogP contribution in [0.25, 0.3) is 0 Å². The minimum absolute atomic E-state index is 0.0222. The molecular formula is C13H14Cl2N2O2. The van der Waals surface area contributed by atoms with Gasteiger partial charge in [-0.3, -0.25) is 9.59 Å². The topological polar surface area (TPSA) is 49.4 Å². The van der Waals surface area contributed by atoms with Gasteiger partial charge in [0.15, 0.2) is 0 Å². The first-order valence-corrected chi connectivity index (χ1v) is 6.81. The third-order valence-corrected chi connectivity index (χ3v) is 3.76. The van der Waals surface area contributed by atoms with Crippen LogP contribution in [0.2, 0.25) is 10.0 Å². The van der Waals surface area contributed by atoms with E-state index in [1.54, 1.807) is 23.1 Å². The van der Waals surface area contributed by atoms with Crippen molar-refractivity contribution in [2.75, 3.05) is 19.6 Å². The van der Waals surface area contributed by atoms with Gasteiger partial charge in [0.05, 0.1) is 6.42 Å². The largest absolute Gasteiger partial charge is 0.354 e. The molecule has 2 rings (SSSR count). The molecule has 1 saturated heterocycles. The van der Waals surface area contributed by atoms with E-state index in [1.807, 2.05) is 0 Å². The second kappa shape index (κ2) is 6.26. The van der Waals surface area contributed by atoms with Crippen molar-refractivity contribution in [1.82, 2.24) is 10.2 Å². The molecule has 0 unspecified atom stereocenters. The van der Waals surface area contributed by atoms with Crippen LogP contribution >= 0.6 is 23.2 Å². The number of carbonyl (C=O) groups is 2. The van der Waals surface area contributed by atoms with Crippen molar-refractivity contribution in [2.24, 2.45) is 0 Å². The molecular weight excluding hydrogens is 287 g/mol. The first-order valence-electron chi connectivity index (χ1n) is 6.05. The summed E-state index contributed by atoms with van der Waals surface area (Å²) in [4.78, 5) is 25.1. The molecule has 1 aliphatic rings. The maximum atomic E-state index is 12.2. The number of hydrogen-bond donors (Lipinski definition) is 1. The summed E-state index contributed by atoms with van der Waals surface area (Å²) in [5, 5.41) is 3.71. The van der Waals surface area contributed by atoms with E-state index in [9.17, 15) is 9.59 Å². The molecule has 1 aliphatic heterocycles. The zero-order valence-corrected chi connectivity index (χ0v) is 11.8. The van der Waals surface area contributed by atoms with Crippen LogP contribution in [-0.2, 0) is 16.0 Å². The number of rotatable bonds is 2. The molecule has 0 aliphatic carbocycles. The van der Waals surface area contributed by atoms with Gasteiger partial charge in [-0.2, -0.15) is 0 Å². The summed E-state index contributed by atoms with van der Waals surface area (Å²) in [5.74, 6) is -0.0856. The lowest BCUT2D eigenvalue weighted by atomic mass is 10.1.